The molecule has 0 aromatic carbocycles. The van der Waals surface area contributed by atoms with Crippen LogP contribution in [0.5, 0.6) is 0 Å². The number of hydrogen-bond donors (Lipinski definition) is 1. The second-order valence-electron chi connectivity index (χ2n) is 4.94. The summed E-state index contributed by atoms with van der Waals surface area (Å²) in [4.78, 5) is 0. The minimum atomic E-state index is -3.82. The Bertz CT molecular complexity index is 596. The second-order valence-corrected chi connectivity index (χ2v) is 7.32. The van der Waals surface area contributed by atoms with Gasteiger partial charge < -0.3 is 0 Å². The fraction of sp³-hybridized carbons (Fsp3) is 0.727. The van der Waals surface area contributed by atoms with Gasteiger partial charge in [0.15, 0.2) is 4.60 Å². The van der Waals surface area contributed by atoms with Crippen LogP contribution in [0, 0.1) is 17.2 Å². The fourth-order valence-electron chi connectivity index (χ4n) is 2.53. The highest BCUT2D eigenvalue weighted by Crippen LogP contribution is 2.27. The molecule has 1 aromatic heterocycles. The van der Waals surface area contributed by atoms with Gasteiger partial charge in [-0.3, -0.25) is 0 Å². The third-order valence-electron chi connectivity index (χ3n) is 3.53. The van der Waals surface area contributed by atoms with E-state index in [0.29, 0.717) is 0 Å². The summed E-state index contributed by atoms with van der Waals surface area (Å²) < 4.78 is 28.5. The summed E-state index contributed by atoms with van der Waals surface area (Å²) in [6, 6.07) is 1.37. The zero-order chi connectivity index (χ0) is 14.8. The summed E-state index contributed by atoms with van der Waals surface area (Å²) in [6.45, 7) is 0. The Kier molecular flexibility index (Phi) is 4.78. The average molecular weight is 362 g/mol. The third-order valence-corrected chi connectivity index (χ3v) is 5.86. The zero-order valence-corrected chi connectivity index (χ0v) is 13.5. The van der Waals surface area contributed by atoms with Crippen LogP contribution in [0.4, 0.5) is 0 Å². The lowest BCUT2D eigenvalue weighted by Gasteiger charge is -2.26. The molecule has 20 heavy (non-hydrogen) atoms. The molecular formula is C11H16BrN5O2S. The van der Waals surface area contributed by atoms with E-state index in [1.807, 2.05) is 0 Å². The minimum absolute atomic E-state index is 0.0615. The molecule has 0 bridgehead atoms. The molecule has 1 heterocycles. The Balaban J connectivity index is 2.20. The molecule has 110 valence electrons. The van der Waals surface area contributed by atoms with Crippen molar-refractivity contribution in [1.82, 2.24) is 19.7 Å². The second kappa shape index (κ2) is 6.20. The predicted molar refractivity (Wildman–Crippen MR) is 75.0 cm³/mol. The highest BCUT2D eigenvalue weighted by atomic mass is 79.9. The molecule has 1 saturated carbocycles. The van der Waals surface area contributed by atoms with E-state index in [1.54, 1.807) is 0 Å². The fourth-order valence-corrected chi connectivity index (χ4v) is 4.83. The van der Waals surface area contributed by atoms with Gasteiger partial charge in [-0.15, -0.1) is 5.10 Å². The standard InChI is InChI=1S/C11H16BrN5O2S/c1-17-11(10(12)14-16-17)20(18,19)15-9(7-13)8-5-3-2-4-6-8/h8-9,15H,2-6H2,1H3. The van der Waals surface area contributed by atoms with Gasteiger partial charge in [0, 0.05) is 7.05 Å². The maximum atomic E-state index is 12.4. The Hall–Kier alpha value is -0.980. The minimum Gasteiger partial charge on any atom is -0.235 e. The van der Waals surface area contributed by atoms with E-state index in [2.05, 4.69) is 37.0 Å². The monoisotopic (exact) mass is 361 g/mol. The summed E-state index contributed by atoms with van der Waals surface area (Å²) >= 11 is 3.06. The highest BCUT2D eigenvalue weighted by molar-refractivity contribution is 9.10. The van der Waals surface area contributed by atoms with E-state index < -0.39 is 16.1 Å². The normalized spacial score (nSPS) is 18.6. The summed E-state index contributed by atoms with van der Waals surface area (Å²) in [5, 5.41) is 16.5. The van der Waals surface area contributed by atoms with Crippen LogP contribution in [0.1, 0.15) is 32.1 Å². The van der Waals surface area contributed by atoms with Crippen molar-refractivity contribution < 1.29 is 8.42 Å². The molecule has 9 heteroatoms. The van der Waals surface area contributed by atoms with E-state index in [9.17, 15) is 13.7 Å². The predicted octanol–water partition coefficient (Wildman–Crippen LogP) is 1.33. The highest BCUT2D eigenvalue weighted by Gasteiger charge is 2.31. The molecule has 7 nitrogen and oxygen atoms in total. The first kappa shape index (κ1) is 15.4. The lowest BCUT2D eigenvalue weighted by Crippen LogP contribution is -2.40. The maximum Gasteiger partial charge on any atom is 0.261 e. The van der Waals surface area contributed by atoms with Gasteiger partial charge in [0.2, 0.25) is 5.03 Å². The first-order valence-corrected chi connectivity index (χ1v) is 8.70. The topological polar surface area (TPSA) is 101 Å². The zero-order valence-electron chi connectivity index (χ0n) is 11.1. The van der Waals surface area contributed by atoms with Crippen molar-refractivity contribution in [1.29, 1.82) is 5.26 Å². The Labute approximate surface area is 126 Å². The van der Waals surface area contributed by atoms with E-state index in [-0.39, 0.29) is 15.5 Å². The first-order valence-electron chi connectivity index (χ1n) is 6.43. The van der Waals surface area contributed by atoms with Gasteiger partial charge in [-0.05, 0) is 34.7 Å². The molecule has 1 N–H and O–H groups in total. The Morgan fingerprint density at radius 3 is 2.60 bits per heavy atom. The summed E-state index contributed by atoms with van der Waals surface area (Å²) in [5.41, 5.74) is 0. The number of hydrogen-bond acceptors (Lipinski definition) is 5. The van der Waals surface area contributed by atoms with E-state index in [0.717, 1.165) is 32.1 Å². The number of nitrogens with one attached hydrogen (secondary N) is 1. The van der Waals surface area contributed by atoms with Crippen LogP contribution < -0.4 is 4.72 Å². The van der Waals surface area contributed by atoms with Crippen molar-refractivity contribution in [2.75, 3.05) is 0 Å². The van der Waals surface area contributed by atoms with E-state index in [1.165, 1.54) is 11.7 Å². The Morgan fingerprint density at radius 1 is 1.45 bits per heavy atom. The molecule has 0 amide bonds. The number of halogens is 1. The van der Waals surface area contributed by atoms with Crippen LogP contribution in [-0.2, 0) is 17.1 Å². The van der Waals surface area contributed by atoms with Crippen molar-refractivity contribution in [3.63, 3.8) is 0 Å². The lowest BCUT2D eigenvalue weighted by molar-refractivity contribution is 0.323. The molecule has 1 aliphatic carbocycles. The molecule has 2 rings (SSSR count). The number of sulfonamides is 1. The number of nitriles is 1. The van der Waals surface area contributed by atoms with Gasteiger partial charge in [0.05, 0.1) is 6.07 Å². The number of nitrogens with zero attached hydrogens (tertiary/aromatic N) is 4. The molecule has 0 aliphatic heterocycles. The van der Waals surface area contributed by atoms with E-state index in [4.69, 9.17) is 0 Å². The lowest BCUT2D eigenvalue weighted by atomic mass is 9.85. The first-order chi connectivity index (χ1) is 9.45. The largest absolute Gasteiger partial charge is 0.261 e. The van der Waals surface area contributed by atoms with Crippen molar-refractivity contribution in [2.24, 2.45) is 13.0 Å². The van der Waals surface area contributed by atoms with Crippen LogP contribution in [-0.4, -0.2) is 29.5 Å². The number of aromatic nitrogens is 3. The number of rotatable bonds is 4. The van der Waals surface area contributed by atoms with Gasteiger partial charge in [-0.25, -0.2) is 13.1 Å². The molecule has 1 aromatic rings. The van der Waals surface area contributed by atoms with Gasteiger partial charge in [0.1, 0.15) is 6.04 Å². The van der Waals surface area contributed by atoms with Crippen molar-refractivity contribution in [3.05, 3.63) is 4.60 Å². The van der Waals surface area contributed by atoms with Crippen LogP contribution in [0.3, 0.4) is 0 Å². The number of aryl methyl sites for hydroxylation is 1. The van der Waals surface area contributed by atoms with Gasteiger partial charge in [-0.2, -0.15) is 9.98 Å². The average Bonchev–Trinajstić information content (AvgIpc) is 2.77. The molecule has 0 spiro atoms. The van der Waals surface area contributed by atoms with Crippen molar-refractivity contribution in [3.8, 4) is 6.07 Å². The van der Waals surface area contributed by atoms with Crippen LogP contribution >= 0.6 is 15.9 Å². The van der Waals surface area contributed by atoms with Gasteiger partial charge in [-0.1, -0.05) is 24.5 Å². The molecule has 1 unspecified atom stereocenters. The van der Waals surface area contributed by atoms with E-state index >= 15 is 0 Å². The maximum absolute atomic E-state index is 12.4. The molecule has 1 aliphatic rings. The van der Waals surface area contributed by atoms with Gasteiger partial charge in [0.25, 0.3) is 10.0 Å². The Morgan fingerprint density at radius 2 is 2.10 bits per heavy atom. The molecule has 1 fully saturated rings. The van der Waals surface area contributed by atoms with Crippen LogP contribution in [0.2, 0.25) is 0 Å². The molecule has 0 saturated heterocycles. The molecular weight excluding hydrogens is 346 g/mol. The molecule has 1 atom stereocenters. The van der Waals surface area contributed by atoms with Crippen molar-refractivity contribution in [2.45, 2.75) is 43.2 Å². The summed E-state index contributed by atoms with van der Waals surface area (Å²) in [7, 11) is -2.33. The van der Waals surface area contributed by atoms with Gasteiger partial charge >= 0.3 is 0 Å². The SMILES string of the molecule is Cn1nnc(Br)c1S(=O)(=O)NC(C#N)C1CCCCC1. The summed E-state index contributed by atoms with van der Waals surface area (Å²) in [6.07, 6.45) is 5.00. The summed E-state index contributed by atoms with van der Waals surface area (Å²) in [5.74, 6) is 0.0727. The third kappa shape index (κ3) is 3.19. The van der Waals surface area contributed by atoms with Crippen molar-refractivity contribution >= 4 is 26.0 Å². The smallest absolute Gasteiger partial charge is 0.235 e. The quantitative estimate of drug-likeness (QED) is 0.871. The van der Waals surface area contributed by atoms with Crippen LogP contribution in [0.25, 0.3) is 0 Å². The molecule has 0 radical (unpaired) electrons. The van der Waals surface area contributed by atoms with Crippen LogP contribution in [0.15, 0.2) is 9.63 Å².